The van der Waals surface area contributed by atoms with Crippen molar-refractivity contribution < 1.29 is 19.1 Å². The summed E-state index contributed by atoms with van der Waals surface area (Å²) in [6, 6.07) is 0.320. The summed E-state index contributed by atoms with van der Waals surface area (Å²) >= 11 is 0. The predicted molar refractivity (Wildman–Crippen MR) is 75.9 cm³/mol. The highest BCUT2D eigenvalue weighted by molar-refractivity contribution is 5.90. The zero-order valence-electron chi connectivity index (χ0n) is 12.9. The van der Waals surface area contributed by atoms with Crippen LogP contribution in [0.1, 0.15) is 40.0 Å². The van der Waals surface area contributed by atoms with E-state index in [-0.39, 0.29) is 24.7 Å². The van der Waals surface area contributed by atoms with Gasteiger partial charge in [0.2, 0.25) is 11.8 Å². The molecule has 0 saturated heterocycles. The topological polar surface area (TPSA) is 108 Å². The molecule has 2 N–H and O–H groups in total. The van der Waals surface area contributed by atoms with Crippen LogP contribution in [0.4, 0.5) is 0 Å². The number of ether oxygens (including phenoxy) is 1. The monoisotopic (exact) mass is 297 g/mol. The van der Waals surface area contributed by atoms with Gasteiger partial charge >= 0.3 is 5.97 Å². The molecule has 0 spiro atoms. The highest BCUT2D eigenvalue weighted by Crippen LogP contribution is 2.07. The first kappa shape index (κ1) is 18.9. The molecule has 21 heavy (non-hydrogen) atoms. The third kappa shape index (κ3) is 7.92. The van der Waals surface area contributed by atoms with Gasteiger partial charge in [-0.2, -0.15) is 5.26 Å². The molecule has 7 heteroatoms. The van der Waals surface area contributed by atoms with Gasteiger partial charge < -0.3 is 15.4 Å². The smallest absolute Gasteiger partial charge is 0.328 e. The molecule has 2 atom stereocenters. The van der Waals surface area contributed by atoms with Crippen LogP contribution in [0, 0.1) is 17.2 Å². The van der Waals surface area contributed by atoms with E-state index in [1.54, 1.807) is 0 Å². The van der Waals surface area contributed by atoms with Gasteiger partial charge in [0.05, 0.1) is 13.2 Å². The second-order valence-electron chi connectivity index (χ2n) is 5.16. The highest BCUT2D eigenvalue weighted by atomic mass is 16.5. The summed E-state index contributed by atoms with van der Waals surface area (Å²) in [6.45, 7) is 5.18. The average Bonchev–Trinajstić information content (AvgIpc) is 2.40. The summed E-state index contributed by atoms with van der Waals surface area (Å²) < 4.78 is 4.60. The van der Waals surface area contributed by atoms with Crippen LogP contribution in [0.15, 0.2) is 0 Å². The predicted octanol–water partition coefficient (Wildman–Crippen LogP) is 0.499. The Morgan fingerprint density at radius 2 is 1.81 bits per heavy atom. The second kappa shape index (κ2) is 9.75. The van der Waals surface area contributed by atoms with Crippen molar-refractivity contribution in [3.8, 4) is 6.07 Å². The summed E-state index contributed by atoms with van der Waals surface area (Å²) in [6.07, 6.45) is 0.746. The Labute approximate surface area is 125 Å². The molecular weight excluding hydrogens is 274 g/mol. The number of methoxy groups -OCH3 is 1. The molecule has 118 valence electrons. The molecule has 0 aromatic rings. The Kier molecular flexibility index (Phi) is 8.77. The van der Waals surface area contributed by atoms with E-state index in [1.807, 2.05) is 19.9 Å². The zero-order valence-corrected chi connectivity index (χ0v) is 12.9. The molecule has 0 heterocycles. The normalized spacial score (nSPS) is 13.0. The van der Waals surface area contributed by atoms with Gasteiger partial charge in [-0.05, 0) is 18.8 Å². The molecule has 7 nitrogen and oxygen atoms in total. The summed E-state index contributed by atoms with van der Waals surface area (Å²) in [4.78, 5) is 34.9. The number of hydrogen-bond donors (Lipinski definition) is 2. The van der Waals surface area contributed by atoms with E-state index in [1.165, 1.54) is 14.0 Å². The maximum Gasteiger partial charge on any atom is 0.328 e. The molecule has 0 unspecified atom stereocenters. The maximum atomic E-state index is 12.2. The summed E-state index contributed by atoms with van der Waals surface area (Å²) in [5.41, 5.74) is 0. The number of carbonyl (C=O) groups is 3. The lowest BCUT2D eigenvalue weighted by Crippen LogP contribution is -2.51. The molecule has 0 rings (SSSR count). The van der Waals surface area contributed by atoms with Crippen LogP contribution in [0.3, 0.4) is 0 Å². The van der Waals surface area contributed by atoms with Crippen molar-refractivity contribution in [3.63, 3.8) is 0 Å². The van der Waals surface area contributed by atoms with Crippen LogP contribution >= 0.6 is 0 Å². The largest absolute Gasteiger partial charge is 0.467 e. The number of rotatable bonds is 8. The third-order valence-corrected chi connectivity index (χ3v) is 2.75. The van der Waals surface area contributed by atoms with Crippen molar-refractivity contribution in [1.29, 1.82) is 5.26 Å². The summed E-state index contributed by atoms with van der Waals surface area (Å²) in [5.74, 6) is -1.18. The SMILES string of the molecule is COC(=O)[C@@H](CCC#N)NC(=O)[C@H](CC(C)C)NC(C)=O. The molecule has 2 amide bonds. The van der Waals surface area contributed by atoms with Crippen molar-refractivity contribution in [1.82, 2.24) is 10.6 Å². The van der Waals surface area contributed by atoms with Crippen LogP contribution in [-0.4, -0.2) is 37.0 Å². The molecule has 0 aromatic heterocycles. The Bertz CT molecular complexity index is 415. The van der Waals surface area contributed by atoms with E-state index in [2.05, 4.69) is 15.4 Å². The average molecular weight is 297 g/mol. The number of amides is 2. The van der Waals surface area contributed by atoms with Gasteiger partial charge in [0, 0.05) is 13.3 Å². The molecule has 0 aliphatic rings. The van der Waals surface area contributed by atoms with Crippen LogP contribution in [0.2, 0.25) is 0 Å². The zero-order chi connectivity index (χ0) is 16.4. The highest BCUT2D eigenvalue weighted by Gasteiger charge is 2.26. The Morgan fingerprint density at radius 1 is 1.19 bits per heavy atom. The summed E-state index contributed by atoms with van der Waals surface area (Å²) in [7, 11) is 1.22. The first-order valence-electron chi connectivity index (χ1n) is 6.84. The fourth-order valence-corrected chi connectivity index (χ4v) is 1.82. The maximum absolute atomic E-state index is 12.2. The quantitative estimate of drug-likeness (QED) is 0.634. The lowest BCUT2D eigenvalue weighted by molar-refractivity contribution is -0.145. The Morgan fingerprint density at radius 3 is 2.24 bits per heavy atom. The van der Waals surface area contributed by atoms with Crippen LogP contribution in [0.5, 0.6) is 0 Å². The van der Waals surface area contributed by atoms with Crippen molar-refractivity contribution in [2.24, 2.45) is 5.92 Å². The van der Waals surface area contributed by atoms with Crippen LogP contribution < -0.4 is 10.6 Å². The minimum absolute atomic E-state index is 0.120. The molecular formula is C14H23N3O4. The van der Waals surface area contributed by atoms with E-state index in [4.69, 9.17) is 5.26 Å². The number of nitrogens with one attached hydrogen (secondary N) is 2. The fourth-order valence-electron chi connectivity index (χ4n) is 1.82. The van der Waals surface area contributed by atoms with E-state index >= 15 is 0 Å². The first-order chi connectivity index (χ1) is 9.81. The third-order valence-electron chi connectivity index (χ3n) is 2.75. The summed E-state index contributed by atoms with van der Waals surface area (Å²) in [5, 5.41) is 13.7. The van der Waals surface area contributed by atoms with Gasteiger partial charge in [0.15, 0.2) is 0 Å². The second-order valence-corrected chi connectivity index (χ2v) is 5.16. The Hall–Kier alpha value is -2.10. The lowest BCUT2D eigenvalue weighted by atomic mass is 10.0. The molecule has 0 aliphatic carbocycles. The lowest BCUT2D eigenvalue weighted by Gasteiger charge is -2.22. The van der Waals surface area contributed by atoms with E-state index in [0.29, 0.717) is 6.42 Å². The van der Waals surface area contributed by atoms with Gasteiger partial charge in [0.1, 0.15) is 12.1 Å². The van der Waals surface area contributed by atoms with Crippen molar-refractivity contribution in [3.05, 3.63) is 0 Å². The number of esters is 1. The molecule has 0 saturated carbocycles. The van der Waals surface area contributed by atoms with Gasteiger partial charge in [-0.25, -0.2) is 4.79 Å². The number of nitrogens with zero attached hydrogens (tertiary/aromatic N) is 1. The van der Waals surface area contributed by atoms with E-state index in [0.717, 1.165) is 0 Å². The van der Waals surface area contributed by atoms with Gasteiger partial charge in [-0.1, -0.05) is 13.8 Å². The van der Waals surface area contributed by atoms with Crippen molar-refractivity contribution in [2.75, 3.05) is 7.11 Å². The minimum Gasteiger partial charge on any atom is -0.467 e. The molecule has 0 radical (unpaired) electrons. The number of nitriles is 1. The molecule has 0 bridgehead atoms. The van der Waals surface area contributed by atoms with Gasteiger partial charge in [0.25, 0.3) is 0 Å². The first-order valence-corrected chi connectivity index (χ1v) is 6.84. The van der Waals surface area contributed by atoms with Crippen molar-refractivity contribution >= 4 is 17.8 Å². The fraction of sp³-hybridized carbons (Fsp3) is 0.714. The standard InChI is InChI=1S/C14H23N3O4/c1-9(2)8-12(16-10(3)18)13(19)17-11(6-5-7-15)14(20)21-4/h9,11-12H,5-6,8H2,1-4H3,(H,16,18)(H,17,19)/t11-,12+/m1/s1. The van der Waals surface area contributed by atoms with Crippen LogP contribution in [-0.2, 0) is 19.1 Å². The van der Waals surface area contributed by atoms with E-state index < -0.39 is 24.0 Å². The Balaban J connectivity index is 4.83. The van der Waals surface area contributed by atoms with Gasteiger partial charge in [-0.3, -0.25) is 9.59 Å². The minimum atomic E-state index is -0.884. The molecule has 0 aromatic carbocycles. The van der Waals surface area contributed by atoms with Gasteiger partial charge in [-0.15, -0.1) is 0 Å². The molecule has 0 aliphatic heterocycles. The van der Waals surface area contributed by atoms with E-state index in [9.17, 15) is 14.4 Å². The molecule has 0 fully saturated rings. The van der Waals surface area contributed by atoms with Crippen molar-refractivity contribution in [2.45, 2.75) is 52.1 Å². The number of carbonyl (C=O) groups excluding carboxylic acids is 3. The number of hydrogen-bond acceptors (Lipinski definition) is 5. The van der Waals surface area contributed by atoms with Crippen LogP contribution in [0.25, 0.3) is 0 Å².